The third-order valence-electron chi connectivity index (χ3n) is 0.701. The Kier molecular flexibility index (Phi) is 5.57. The minimum Gasteiger partial charge on any atom is -0.443 e. The van der Waals surface area contributed by atoms with Gasteiger partial charge < -0.3 is 4.74 Å². The van der Waals surface area contributed by atoms with Crippen molar-refractivity contribution in [1.29, 1.82) is 0 Å². The minimum absolute atomic E-state index is 0.381. The summed E-state index contributed by atoms with van der Waals surface area (Å²) in [4.78, 5) is 11.0. The number of carbonyl (C=O) groups is 1. The lowest BCUT2D eigenvalue weighted by Crippen LogP contribution is -2.28. The SMILES string of the molecule is CCSSNC(=O)OC(C)(C)C. The quantitative estimate of drug-likeness (QED) is 0.440. The van der Waals surface area contributed by atoms with Gasteiger partial charge in [0.05, 0.1) is 0 Å². The molecule has 0 bridgehead atoms. The molecule has 1 amide bonds. The maximum atomic E-state index is 11.0. The molecule has 0 unspecified atom stereocenters. The van der Waals surface area contributed by atoms with Gasteiger partial charge in [-0.15, -0.1) is 0 Å². The predicted octanol–water partition coefficient (Wildman–Crippen LogP) is 2.83. The van der Waals surface area contributed by atoms with E-state index in [1.807, 2.05) is 27.7 Å². The lowest BCUT2D eigenvalue weighted by Gasteiger charge is -2.18. The fourth-order valence-corrected chi connectivity index (χ4v) is 1.44. The van der Waals surface area contributed by atoms with Gasteiger partial charge in [-0.1, -0.05) is 17.7 Å². The zero-order valence-corrected chi connectivity index (χ0v) is 9.47. The van der Waals surface area contributed by atoms with Crippen LogP contribution >= 0.6 is 21.8 Å². The van der Waals surface area contributed by atoms with E-state index in [9.17, 15) is 4.79 Å². The third-order valence-corrected chi connectivity index (χ3v) is 2.61. The molecule has 3 nitrogen and oxygen atoms in total. The lowest BCUT2D eigenvalue weighted by molar-refractivity contribution is 0.0575. The topological polar surface area (TPSA) is 38.3 Å². The van der Waals surface area contributed by atoms with Crippen LogP contribution in [0.3, 0.4) is 0 Å². The molecule has 0 fully saturated rings. The molecule has 12 heavy (non-hydrogen) atoms. The van der Waals surface area contributed by atoms with Crippen molar-refractivity contribution in [3.05, 3.63) is 0 Å². The van der Waals surface area contributed by atoms with Gasteiger partial charge >= 0.3 is 6.09 Å². The van der Waals surface area contributed by atoms with Crippen molar-refractivity contribution in [2.45, 2.75) is 33.3 Å². The molecule has 0 aliphatic heterocycles. The van der Waals surface area contributed by atoms with E-state index in [4.69, 9.17) is 4.74 Å². The Labute approximate surface area is 81.5 Å². The highest BCUT2D eigenvalue weighted by Gasteiger charge is 2.15. The van der Waals surface area contributed by atoms with Crippen LogP contribution in [0.4, 0.5) is 4.79 Å². The Morgan fingerprint density at radius 3 is 2.50 bits per heavy atom. The van der Waals surface area contributed by atoms with E-state index >= 15 is 0 Å². The highest BCUT2D eigenvalue weighted by Crippen LogP contribution is 2.17. The van der Waals surface area contributed by atoms with Gasteiger partial charge in [0.25, 0.3) is 0 Å². The second-order valence-electron chi connectivity index (χ2n) is 3.09. The summed E-state index contributed by atoms with van der Waals surface area (Å²) in [5.41, 5.74) is -0.415. The zero-order chi connectivity index (χ0) is 9.61. The maximum absolute atomic E-state index is 11.0. The molecule has 0 aromatic carbocycles. The molecule has 1 N–H and O–H groups in total. The molecule has 0 aromatic rings. The first-order chi connectivity index (χ1) is 5.45. The molecule has 0 saturated heterocycles. The second kappa shape index (κ2) is 5.59. The summed E-state index contributed by atoms with van der Waals surface area (Å²) in [5, 5.41) is 0. The minimum atomic E-state index is -0.415. The largest absolute Gasteiger partial charge is 0.443 e. The van der Waals surface area contributed by atoms with Crippen molar-refractivity contribution >= 4 is 27.9 Å². The summed E-state index contributed by atoms with van der Waals surface area (Å²) in [7, 11) is 2.86. The van der Waals surface area contributed by atoms with Crippen LogP contribution in [0.2, 0.25) is 0 Å². The Hall–Kier alpha value is -0.0300. The van der Waals surface area contributed by atoms with Crippen LogP contribution in [0.25, 0.3) is 0 Å². The highest BCUT2D eigenvalue weighted by molar-refractivity contribution is 8.76. The van der Waals surface area contributed by atoms with Crippen molar-refractivity contribution < 1.29 is 9.53 Å². The molecule has 72 valence electrons. The summed E-state index contributed by atoms with van der Waals surface area (Å²) < 4.78 is 7.56. The third kappa shape index (κ3) is 8.07. The Morgan fingerprint density at radius 2 is 2.08 bits per heavy atom. The van der Waals surface area contributed by atoms with Crippen LogP contribution in [0.1, 0.15) is 27.7 Å². The normalized spacial score (nSPS) is 11.0. The number of rotatable bonds is 3. The van der Waals surface area contributed by atoms with Crippen molar-refractivity contribution in [3.8, 4) is 0 Å². The summed E-state index contributed by atoms with van der Waals surface area (Å²) in [5.74, 6) is 0.959. The van der Waals surface area contributed by atoms with Crippen molar-refractivity contribution in [2.75, 3.05) is 5.75 Å². The smallest absolute Gasteiger partial charge is 0.418 e. The average molecular weight is 209 g/mol. The fraction of sp³-hybridized carbons (Fsp3) is 0.857. The molecular weight excluding hydrogens is 194 g/mol. The van der Waals surface area contributed by atoms with Crippen LogP contribution in [0.5, 0.6) is 0 Å². The van der Waals surface area contributed by atoms with Crippen molar-refractivity contribution in [3.63, 3.8) is 0 Å². The Morgan fingerprint density at radius 1 is 1.50 bits per heavy atom. The van der Waals surface area contributed by atoms with E-state index in [-0.39, 0.29) is 6.09 Å². The number of hydrogen-bond acceptors (Lipinski definition) is 4. The number of ether oxygens (including phenoxy) is 1. The molecule has 0 rings (SSSR count). The monoisotopic (exact) mass is 209 g/mol. The lowest BCUT2D eigenvalue weighted by atomic mass is 10.2. The number of carbonyl (C=O) groups excluding carboxylic acids is 1. The number of nitrogens with one attached hydrogen (secondary N) is 1. The first-order valence-corrected chi connectivity index (χ1v) is 6.05. The summed E-state index contributed by atoms with van der Waals surface area (Å²) in [6.07, 6.45) is -0.381. The van der Waals surface area contributed by atoms with Gasteiger partial charge in [-0.3, -0.25) is 4.72 Å². The predicted molar refractivity (Wildman–Crippen MR) is 55.1 cm³/mol. The van der Waals surface area contributed by atoms with Crippen LogP contribution in [0.15, 0.2) is 0 Å². The van der Waals surface area contributed by atoms with Crippen LogP contribution < -0.4 is 4.72 Å². The van der Waals surface area contributed by atoms with E-state index in [1.54, 1.807) is 10.8 Å². The Balaban J connectivity index is 3.47. The summed E-state index contributed by atoms with van der Waals surface area (Å²) in [6.45, 7) is 7.53. The van der Waals surface area contributed by atoms with Crippen LogP contribution in [-0.2, 0) is 4.74 Å². The van der Waals surface area contributed by atoms with Gasteiger partial charge in [-0.05, 0) is 20.8 Å². The van der Waals surface area contributed by atoms with E-state index in [0.29, 0.717) is 0 Å². The number of amides is 1. The molecular formula is C7H15NO2S2. The van der Waals surface area contributed by atoms with E-state index in [2.05, 4.69) is 4.72 Å². The van der Waals surface area contributed by atoms with Crippen LogP contribution in [-0.4, -0.2) is 17.4 Å². The van der Waals surface area contributed by atoms with E-state index in [0.717, 1.165) is 5.75 Å². The second-order valence-corrected chi connectivity index (χ2v) is 5.48. The molecule has 0 aromatic heterocycles. The Bertz CT molecular complexity index is 145. The van der Waals surface area contributed by atoms with Gasteiger partial charge in [0.2, 0.25) is 0 Å². The maximum Gasteiger partial charge on any atom is 0.418 e. The molecule has 0 heterocycles. The fourth-order valence-electron chi connectivity index (χ4n) is 0.421. The molecule has 0 aliphatic rings. The molecule has 0 aliphatic carbocycles. The first kappa shape index (κ1) is 12.0. The zero-order valence-electron chi connectivity index (χ0n) is 7.84. The molecule has 0 saturated carbocycles. The van der Waals surface area contributed by atoms with Crippen molar-refractivity contribution in [2.24, 2.45) is 0 Å². The highest BCUT2D eigenvalue weighted by atomic mass is 33.1. The van der Waals surface area contributed by atoms with E-state index < -0.39 is 5.60 Å². The van der Waals surface area contributed by atoms with Gasteiger partial charge in [0.15, 0.2) is 0 Å². The standard InChI is InChI=1S/C7H15NO2S2/c1-5-11-12-8-6(9)10-7(2,3)4/h5H2,1-4H3,(H,8,9). The average Bonchev–Trinajstić information content (AvgIpc) is 1.84. The van der Waals surface area contributed by atoms with Gasteiger partial charge in [0.1, 0.15) is 5.60 Å². The van der Waals surface area contributed by atoms with Crippen molar-refractivity contribution in [1.82, 2.24) is 4.72 Å². The van der Waals surface area contributed by atoms with E-state index in [1.165, 1.54) is 11.0 Å². The van der Waals surface area contributed by atoms with Gasteiger partial charge in [-0.2, -0.15) is 0 Å². The summed E-state index contributed by atoms with van der Waals surface area (Å²) >= 11 is 0. The number of hydrogen-bond donors (Lipinski definition) is 1. The molecule has 0 spiro atoms. The summed E-state index contributed by atoms with van der Waals surface area (Å²) in [6, 6.07) is 0. The van der Waals surface area contributed by atoms with Gasteiger partial charge in [-0.25, -0.2) is 4.79 Å². The molecule has 5 heteroatoms. The van der Waals surface area contributed by atoms with Crippen LogP contribution in [0, 0.1) is 0 Å². The van der Waals surface area contributed by atoms with Gasteiger partial charge in [0, 0.05) is 16.7 Å². The first-order valence-electron chi connectivity index (χ1n) is 3.73. The molecule has 0 atom stereocenters. The molecule has 0 radical (unpaired) electrons.